The van der Waals surface area contributed by atoms with Gasteiger partial charge in [0, 0.05) is 35.2 Å². The van der Waals surface area contributed by atoms with E-state index < -0.39 is 0 Å². The number of nitrogens with zero attached hydrogens (tertiary/aromatic N) is 2. The van der Waals surface area contributed by atoms with E-state index in [4.69, 9.17) is 0 Å². The summed E-state index contributed by atoms with van der Waals surface area (Å²) in [6.07, 6.45) is 10.3. The number of rotatable bonds is 3. The molecule has 4 nitrogen and oxygen atoms in total. The molecule has 1 saturated carbocycles. The second-order valence-electron chi connectivity index (χ2n) is 7.32. The minimum absolute atomic E-state index is 0.0280. The highest BCUT2D eigenvalue weighted by Gasteiger charge is 2.27. The van der Waals surface area contributed by atoms with Crippen LogP contribution in [0.4, 0.5) is 11.4 Å². The van der Waals surface area contributed by atoms with E-state index in [1.54, 1.807) is 4.90 Å². The Morgan fingerprint density at radius 1 is 1.19 bits per heavy atom. The van der Waals surface area contributed by atoms with Crippen LogP contribution in [0.1, 0.15) is 40.1 Å². The number of hydrogen-bond donors (Lipinski definition) is 1. The maximum atomic E-state index is 13.3. The predicted molar refractivity (Wildman–Crippen MR) is 112 cm³/mol. The summed E-state index contributed by atoms with van der Waals surface area (Å²) in [7, 11) is 0. The molecule has 2 aromatic heterocycles. The van der Waals surface area contributed by atoms with Crippen molar-refractivity contribution >= 4 is 38.8 Å². The Morgan fingerprint density at radius 2 is 2.00 bits per heavy atom. The second-order valence-corrected chi connectivity index (χ2v) is 8.32. The molecule has 0 unspecified atom stereocenters. The molecule has 2 aliphatic rings. The van der Waals surface area contributed by atoms with Crippen LogP contribution in [0.2, 0.25) is 0 Å². The first-order valence-electron chi connectivity index (χ1n) is 9.44. The van der Waals surface area contributed by atoms with Gasteiger partial charge in [-0.05, 0) is 56.4 Å². The summed E-state index contributed by atoms with van der Waals surface area (Å²) in [6.45, 7) is 2.05. The maximum Gasteiger partial charge on any atom is 0.272 e. The molecular formula is C22H21N3OS. The van der Waals surface area contributed by atoms with Crippen LogP contribution < -0.4 is 10.2 Å². The van der Waals surface area contributed by atoms with Crippen molar-refractivity contribution < 1.29 is 4.79 Å². The minimum Gasteiger partial charge on any atom is -0.382 e. The first kappa shape index (κ1) is 16.5. The zero-order valence-corrected chi connectivity index (χ0v) is 16.1. The highest BCUT2D eigenvalue weighted by atomic mass is 32.1. The summed E-state index contributed by atoms with van der Waals surface area (Å²) in [5.41, 5.74) is 4.30. The van der Waals surface area contributed by atoms with E-state index in [0.29, 0.717) is 6.04 Å². The summed E-state index contributed by atoms with van der Waals surface area (Å²) >= 11 is 1.51. The number of fused-ring (bicyclic) bond motifs is 3. The van der Waals surface area contributed by atoms with E-state index >= 15 is 0 Å². The fraction of sp³-hybridized carbons (Fsp3) is 0.273. The Bertz CT molecular complexity index is 1050. The van der Waals surface area contributed by atoms with Gasteiger partial charge in [0.25, 0.3) is 5.91 Å². The summed E-state index contributed by atoms with van der Waals surface area (Å²) in [6, 6.07) is 10.7. The van der Waals surface area contributed by atoms with Gasteiger partial charge in [-0.3, -0.25) is 9.69 Å². The molecule has 5 rings (SSSR count). The van der Waals surface area contributed by atoms with E-state index in [2.05, 4.69) is 23.3 Å². The quantitative estimate of drug-likeness (QED) is 0.677. The van der Waals surface area contributed by atoms with Gasteiger partial charge in [-0.15, -0.1) is 11.3 Å². The van der Waals surface area contributed by atoms with E-state index in [1.807, 2.05) is 42.7 Å². The topological polar surface area (TPSA) is 45.2 Å². The Balaban J connectivity index is 1.59. The summed E-state index contributed by atoms with van der Waals surface area (Å²) in [4.78, 5) is 21.4. The normalized spacial score (nSPS) is 16.9. The van der Waals surface area contributed by atoms with Crippen LogP contribution in [0.25, 0.3) is 10.2 Å². The van der Waals surface area contributed by atoms with Crippen molar-refractivity contribution in [3.63, 3.8) is 0 Å². The molecule has 3 heterocycles. The zero-order chi connectivity index (χ0) is 18.4. The van der Waals surface area contributed by atoms with Gasteiger partial charge in [-0.25, -0.2) is 4.98 Å². The molecule has 0 bridgehead atoms. The standard InChI is InChI=1S/C22H21N3OS/c1-14-7-9-16(10-8-14)25-13-3-6-17-19-18(24-15-4-2-5-15)11-12-23-21(19)27-20(17)22(25)26/h3,7-13,15H,2,4-6H2,1H3,(H,23,24). The van der Waals surface area contributed by atoms with Gasteiger partial charge < -0.3 is 5.32 Å². The maximum absolute atomic E-state index is 13.3. The van der Waals surface area contributed by atoms with Crippen molar-refractivity contribution in [2.24, 2.45) is 0 Å². The Hall–Kier alpha value is -2.66. The molecule has 5 heteroatoms. The van der Waals surface area contributed by atoms with E-state index in [9.17, 15) is 4.79 Å². The Morgan fingerprint density at radius 3 is 2.74 bits per heavy atom. The highest BCUT2D eigenvalue weighted by molar-refractivity contribution is 7.20. The van der Waals surface area contributed by atoms with Gasteiger partial charge in [-0.2, -0.15) is 0 Å². The molecule has 0 atom stereocenters. The van der Waals surface area contributed by atoms with Crippen LogP contribution in [0.5, 0.6) is 0 Å². The molecule has 0 spiro atoms. The number of aryl methyl sites for hydroxylation is 1. The molecule has 1 N–H and O–H groups in total. The molecule has 136 valence electrons. The molecule has 1 aromatic carbocycles. The number of amides is 1. The lowest BCUT2D eigenvalue weighted by Crippen LogP contribution is -2.27. The lowest BCUT2D eigenvalue weighted by atomic mass is 9.92. The average molecular weight is 375 g/mol. The number of carbonyl (C=O) groups excluding carboxylic acids is 1. The third kappa shape index (κ3) is 2.82. The van der Waals surface area contributed by atoms with Gasteiger partial charge >= 0.3 is 0 Å². The van der Waals surface area contributed by atoms with Crippen LogP contribution in [-0.4, -0.2) is 16.9 Å². The largest absolute Gasteiger partial charge is 0.382 e. The van der Waals surface area contributed by atoms with Crippen molar-refractivity contribution in [3.8, 4) is 0 Å². The molecule has 3 aromatic rings. The molecule has 1 amide bonds. The number of benzene rings is 1. The number of nitrogens with one attached hydrogen (secondary N) is 1. The number of pyridine rings is 1. The molecule has 1 aliphatic heterocycles. The van der Waals surface area contributed by atoms with Gasteiger partial charge in [0.2, 0.25) is 0 Å². The first-order chi connectivity index (χ1) is 13.2. The van der Waals surface area contributed by atoms with Gasteiger partial charge in [0.1, 0.15) is 4.83 Å². The molecule has 27 heavy (non-hydrogen) atoms. The van der Waals surface area contributed by atoms with Gasteiger partial charge in [-0.1, -0.05) is 23.8 Å². The lowest BCUT2D eigenvalue weighted by Gasteiger charge is -2.28. The van der Waals surface area contributed by atoms with Crippen molar-refractivity contribution in [3.05, 3.63) is 64.8 Å². The van der Waals surface area contributed by atoms with Crippen LogP contribution in [0, 0.1) is 6.92 Å². The Kier molecular flexibility index (Phi) is 3.97. The number of hydrogen-bond acceptors (Lipinski definition) is 4. The second kappa shape index (κ2) is 6.50. The number of aromatic nitrogens is 1. The Labute approximate surface area is 162 Å². The monoisotopic (exact) mass is 375 g/mol. The third-order valence-electron chi connectivity index (χ3n) is 5.46. The minimum atomic E-state index is 0.0280. The smallest absolute Gasteiger partial charge is 0.272 e. The van der Waals surface area contributed by atoms with Gasteiger partial charge in [0.05, 0.1) is 4.88 Å². The fourth-order valence-corrected chi connectivity index (χ4v) is 4.84. The fourth-order valence-electron chi connectivity index (χ4n) is 3.71. The summed E-state index contributed by atoms with van der Waals surface area (Å²) < 4.78 is 0. The SMILES string of the molecule is Cc1ccc(N2C=CCc3c(sc4nccc(NC5CCC5)c34)C2=O)cc1. The summed E-state index contributed by atoms with van der Waals surface area (Å²) in [5.74, 6) is 0.0280. The van der Waals surface area contributed by atoms with Crippen LogP contribution >= 0.6 is 11.3 Å². The molecule has 1 aliphatic carbocycles. The van der Waals surface area contributed by atoms with Gasteiger partial charge in [0.15, 0.2) is 0 Å². The van der Waals surface area contributed by atoms with Crippen molar-refractivity contribution in [1.29, 1.82) is 0 Å². The lowest BCUT2D eigenvalue weighted by molar-refractivity contribution is 0.100. The molecule has 1 fully saturated rings. The van der Waals surface area contributed by atoms with E-state index in [-0.39, 0.29) is 5.91 Å². The van der Waals surface area contributed by atoms with Crippen molar-refractivity contribution in [2.45, 2.75) is 38.6 Å². The third-order valence-corrected chi connectivity index (χ3v) is 6.59. The molecular weight excluding hydrogens is 354 g/mol. The number of thiophene rings is 1. The predicted octanol–water partition coefficient (Wildman–Crippen LogP) is 5.29. The number of carbonyl (C=O) groups is 1. The van der Waals surface area contributed by atoms with E-state index in [1.165, 1.54) is 36.2 Å². The zero-order valence-electron chi connectivity index (χ0n) is 15.2. The number of allylic oxidation sites excluding steroid dienone is 1. The van der Waals surface area contributed by atoms with Crippen LogP contribution in [0.15, 0.2) is 48.8 Å². The first-order valence-corrected chi connectivity index (χ1v) is 10.3. The molecule has 0 saturated heterocycles. The number of anilines is 2. The summed E-state index contributed by atoms with van der Waals surface area (Å²) in [5, 5.41) is 4.78. The van der Waals surface area contributed by atoms with E-state index in [0.717, 1.165) is 38.5 Å². The van der Waals surface area contributed by atoms with Crippen molar-refractivity contribution in [2.75, 3.05) is 10.2 Å². The molecule has 0 radical (unpaired) electrons. The highest BCUT2D eigenvalue weighted by Crippen LogP contribution is 2.39. The van der Waals surface area contributed by atoms with Crippen LogP contribution in [0.3, 0.4) is 0 Å². The van der Waals surface area contributed by atoms with Crippen LogP contribution in [-0.2, 0) is 6.42 Å². The van der Waals surface area contributed by atoms with Crippen molar-refractivity contribution in [1.82, 2.24) is 4.98 Å². The average Bonchev–Trinajstić information content (AvgIpc) is 2.94.